The minimum Gasteiger partial charge on any atom is -0.481 e. The molecule has 5 nitrogen and oxygen atoms in total. The molecule has 0 aliphatic rings. The summed E-state index contributed by atoms with van der Waals surface area (Å²) >= 11 is 0. The number of hydrogen-bond acceptors (Lipinski definition) is 3. The van der Waals surface area contributed by atoms with Gasteiger partial charge in [-0.3, -0.25) is 9.59 Å². The van der Waals surface area contributed by atoms with Gasteiger partial charge in [-0.2, -0.15) is 0 Å². The van der Waals surface area contributed by atoms with Gasteiger partial charge in [-0.25, -0.2) is 0 Å². The van der Waals surface area contributed by atoms with Gasteiger partial charge in [0.1, 0.15) is 0 Å². The molecule has 0 bridgehead atoms. The summed E-state index contributed by atoms with van der Waals surface area (Å²) in [4.78, 5) is 23.2. The van der Waals surface area contributed by atoms with Crippen LogP contribution in [-0.2, 0) is 14.3 Å². The molecule has 1 amide bonds. The number of carbonyl (C=O) groups excluding carboxylic acids is 1. The number of benzene rings is 1. The number of nitrogens with one attached hydrogen (secondary N) is 1. The molecule has 1 aromatic carbocycles. The molecule has 0 heterocycles. The van der Waals surface area contributed by atoms with Crippen LogP contribution in [0, 0.1) is 0 Å². The highest BCUT2D eigenvalue weighted by Crippen LogP contribution is 2.18. The van der Waals surface area contributed by atoms with Gasteiger partial charge in [0.05, 0.1) is 24.5 Å². The van der Waals surface area contributed by atoms with Crippen molar-refractivity contribution >= 4 is 11.9 Å². The average molecular weight is 279 g/mol. The zero-order valence-electron chi connectivity index (χ0n) is 12.1. The highest BCUT2D eigenvalue weighted by atomic mass is 16.5. The smallest absolute Gasteiger partial charge is 0.305 e. The molecule has 1 aromatic rings. The Morgan fingerprint density at radius 2 is 1.95 bits per heavy atom. The second-order valence-corrected chi connectivity index (χ2v) is 5.19. The van der Waals surface area contributed by atoms with Gasteiger partial charge in [-0.1, -0.05) is 30.3 Å². The molecule has 0 saturated carbocycles. The first-order valence-corrected chi connectivity index (χ1v) is 6.45. The van der Waals surface area contributed by atoms with Crippen LogP contribution in [0.15, 0.2) is 30.3 Å². The maximum atomic E-state index is 12.3. The molecule has 0 aliphatic heterocycles. The lowest BCUT2D eigenvalue weighted by Crippen LogP contribution is -2.51. The van der Waals surface area contributed by atoms with Gasteiger partial charge in [0.2, 0.25) is 5.91 Å². The van der Waals surface area contributed by atoms with Crippen LogP contribution in [0.25, 0.3) is 0 Å². The standard InChI is InChI=1S/C15H21NO4/c1-11(12-7-5-4-6-8-12)14(19)16-15(2,10-20-3)9-13(17)18/h4-8,11H,9-10H2,1-3H3,(H,16,19)(H,17,18). The van der Waals surface area contributed by atoms with Gasteiger partial charge < -0.3 is 15.2 Å². The summed E-state index contributed by atoms with van der Waals surface area (Å²) in [6, 6.07) is 9.35. The number of amides is 1. The van der Waals surface area contributed by atoms with Crippen LogP contribution in [0.5, 0.6) is 0 Å². The molecule has 110 valence electrons. The molecule has 0 aromatic heterocycles. The molecule has 0 spiro atoms. The summed E-state index contributed by atoms with van der Waals surface area (Å²) < 4.78 is 5.02. The van der Waals surface area contributed by atoms with Crippen molar-refractivity contribution in [3.63, 3.8) is 0 Å². The molecule has 20 heavy (non-hydrogen) atoms. The van der Waals surface area contributed by atoms with E-state index in [4.69, 9.17) is 9.84 Å². The fraction of sp³-hybridized carbons (Fsp3) is 0.467. The van der Waals surface area contributed by atoms with Gasteiger partial charge in [-0.15, -0.1) is 0 Å². The summed E-state index contributed by atoms with van der Waals surface area (Å²) in [6.45, 7) is 3.60. The number of carboxylic acids is 1. The molecule has 0 aliphatic carbocycles. The van der Waals surface area contributed by atoms with E-state index >= 15 is 0 Å². The number of aliphatic carboxylic acids is 1. The summed E-state index contributed by atoms with van der Waals surface area (Å²) in [5.41, 5.74) is -0.0270. The summed E-state index contributed by atoms with van der Waals surface area (Å²) in [6.07, 6.45) is -0.186. The van der Waals surface area contributed by atoms with Gasteiger partial charge >= 0.3 is 5.97 Å². The van der Waals surface area contributed by atoms with Crippen molar-refractivity contribution in [2.75, 3.05) is 13.7 Å². The predicted molar refractivity (Wildman–Crippen MR) is 75.5 cm³/mol. The van der Waals surface area contributed by atoms with Crippen molar-refractivity contribution in [2.24, 2.45) is 0 Å². The summed E-state index contributed by atoms with van der Waals surface area (Å²) in [5.74, 6) is -1.53. The second kappa shape index (κ2) is 7.05. The zero-order valence-corrected chi connectivity index (χ0v) is 12.1. The number of methoxy groups -OCH3 is 1. The average Bonchev–Trinajstić information content (AvgIpc) is 2.37. The first-order valence-electron chi connectivity index (χ1n) is 6.45. The lowest BCUT2D eigenvalue weighted by molar-refractivity contribution is -0.139. The maximum absolute atomic E-state index is 12.3. The minimum atomic E-state index is -0.975. The number of hydrogen-bond donors (Lipinski definition) is 2. The zero-order chi connectivity index (χ0) is 15.2. The fourth-order valence-electron chi connectivity index (χ4n) is 2.08. The monoisotopic (exact) mass is 279 g/mol. The van der Waals surface area contributed by atoms with E-state index in [9.17, 15) is 9.59 Å². The molecular formula is C15H21NO4. The normalized spacial score (nSPS) is 15.2. The van der Waals surface area contributed by atoms with Crippen molar-refractivity contribution < 1.29 is 19.4 Å². The van der Waals surface area contributed by atoms with Crippen molar-refractivity contribution in [1.29, 1.82) is 0 Å². The van der Waals surface area contributed by atoms with E-state index in [2.05, 4.69) is 5.32 Å². The van der Waals surface area contributed by atoms with Crippen LogP contribution in [0.2, 0.25) is 0 Å². The van der Waals surface area contributed by atoms with Crippen molar-refractivity contribution in [2.45, 2.75) is 31.7 Å². The third-order valence-electron chi connectivity index (χ3n) is 3.12. The summed E-state index contributed by atoms with van der Waals surface area (Å²) in [5, 5.41) is 11.7. The largest absolute Gasteiger partial charge is 0.481 e. The lowest BCUT2D eigenvalue weighted by atomic mass is 9.95. The molecule has 2 atom stereocenters. The molecule has 5 heteroatoms. The Morgan fingerprint density at radius 1 is 1.35 bits per heavy atom. The minimum absolute atomic E-state index is 0.145. The van der Waals surface area contributed by atoms with Crippen LogP contribution >= 0.6 is 0 Å². The highest BCUT2D eigenvalue weighted by molar-refractivity contribution is 5.84. The van der Waals surface area contributed by atoms with E-state index in [0.29, 0.717) is 0 Å². The molecule has 0 radical (unpaired) electrons. The first-order chi connectivity index (χ1) is 9.38. The van der Waals surface area contributed by atoms with Crippen LogP contribution < -0.4 is 5.32 Å². The fourth-order valence-corrected chi connectivity index (χ4v) is 2.08. The van der Waals surface area contributed by atoms with E-state index < -0.39 is 11.5 Å². The lowest BCUT2D eigenvalue weighted by Gasteiger charge is -2.30. The highest BCUT2D eigenvalue weighted by Gasteiger charge is 2.31. The van der Waals surface area contributed by atoms with Crippen molar-refractivity contribution in [1.82, 2.24) is 5.32 Å². The van der Waals surface area contributed by atoms with Crippen molar-refractivity contribution in [3.8, 4) is 0 Å². The van der Waals surface area contributed by atoms with Crippen LogP contribution in [0.1, 0.15) is 31.7 Å². The SMILES string of the molecule is COCC(C)(CC(=O)O)NC(=O)C(C)c1ccccc1. The van der Waals surface area contributed by atoms with E-state index in [1.165, 1.54) is 7.11 Å². The third-order valence-corrected chi connectivity index (χ3v) is 3.12. The Hall–Kier alpha value is -1.88. The Balaban J connectivity index is 2.78. The molecule has 0 fully saturated rings. The number of rotatable bonds is 7. The van der Waals surface area contributed by atoms with E-state index in [1.807, 2.05) is 30.3 Å². The number of carboxylic acid groups (broad SMARTS) is 1. The first kappa shape index (κ1) is 16.2. The molecular weight excluding hydrogens is 258 g/mol. The molecule has 0 saturated heterocycles. The van der Waals surface area contributed by atoms with E-state index in [1.54, 1.807) is 13.8 Å². The molecule has 1 rings (SSSR count). The number of carbonyl (C=O) groups is 2. The maximum Gasteiger partial charge on any atom is 0.305 e. The van der Waals surface area contributed by atoms with E-state index in [-0.39, 0.29) is 24.9 Å². The third kappa shape index (κ3) is 4.66. The van der Waals surface area contributed by atoms with Gasteiger partial charge in [0.25, 0.3) is 0 Å². The Labute approximate surface area is 118 Å². The van der Waals surface area contributed by atoms with Crippen LogP contribution in [0.3, 0.4) is 0 Å². The predicted octanol–water partition coefficient (Wildman–Crippen LogP) is 1.79. The molecule has 2 N–H and O–H groups in total. The Kier molecular flexibility index (Phi) is 5.70. The van der Waals surface area contributed by atoms with E-state index in [0.717, 1.165) is 5.56 Å². The Bertz CT molecular complexity index is 460. The number of ether oxygens (including phenoxy) is 1. The Morgan fingerprint density at radius 3 is 2.45 bits per heavy atom. The van der Waals surface area contributed by atoms with Gasteiger partial charge in [0.15, 0.2) is 0 Å². The quantitative estimate of drug-likeness (QED) is 0.798. The van der Waals surface area contributed by atoms with Crippen LogP contribution in [-0.4, -0.2) is 36.2 Å². The van der Waals surface area contributed by atoms with Gasteiger partial charge in [0, 0.05) is 7.11 Å². The molecule has 2 unspecified atom stereocenters. The topological polar surface area (TPSA) is 75.6 Å². The van der Waals surface area contributed by atoms with Crippen LogP contribution in [0.4, 0.5) is 0 Å². The summed E-state index contributed by atoms with van der Waals surface area (Å²) in [7, 11) is 1.48. The van der Waals surface area contributed by atoms with Gasteiger partial charge in [-0.05, 0) is 19.4 Å². The van der Waals surface area contributed by atoms with Crippen molar-refractivity contribution in [3.05, 3.63) is 35.9 Å². The second-order valence-electron chi connectivity index (χ2n) is 5.19.